The summed E-state index contributed by atoms with van der Waals surface area (Å²) < 4.78 is 77.9. The van der Waals surface area contributed by atoms with Gasteiger partial charge in [-0.2, -0.15) is 8.78 Å². The number of carbonyl (C=O) groups is 2. The number of halogens is 5. The number of esters is 1. The van der Waals surface area contributed by atoms with Crippen molar-refractivity contribution >= 4 is 12.1 Å². The predicted octanol–water partition coefficient (Wildman–Crippen LogP) is 2.21. The van der Waals surface area contributed by atoms with Gasteiger partial charge in [-0.3, -0.25) is 0 Å². The van der Waals surface area contributed by atoms with Crippen LogP contribution in [0.25, 0.3) is 0 Å². The molecule has 0 amide bonds. The molecule has 114 valence electrons. The van der Waals surface area contributed by atoms with Crippen molar-refractivity contribution in [1.82, 2.24) is 0 Å². The zero-order chi connectivity index (χ0) is 15.7. The second-order valence-electron chi connectivity index (χ2n) is 3.81. The summed E-state index contributed by atoms with van der Waals surface area (Å²) in [4.78, 5) is 22.2. The van der Waals surface area contributed by atoms with Crippen LogP contribution in [0, 0.1) is 29.1 Å². The number of hydrogen-bond donors (Lipinski definition) is 0. The second-order valence-corrected chi connectivity index (χ2v) is 3.81. The van der Waals surface area contributed by atoms with Crippen LogP contribution in [0.15, 0.2) is 0 Å². The fourth-order valence-corrected chi connectivity index (χ4v) is 1.47. The fraction of sp³-hybridized carbons (Fsp3) is 0.273. The van der Waals surface area contributed by atoms with Crippen molar-refractivity contribution in [3.8, 4) is 5.75 Å². The first-order valence-corrected chi connectivity index (χ1v) is 5.39. The molecule has 1 fully saturated rings. The number of rotatable bonds is 2. The third-order valence-corrected chi connectivity index (χ3v) is 2.47. The van der Waals surface area contributed by atoms with Gasteiger partial charge in [0.15, 0.2) is 0 Å². The molecular formula is C11H5F5O5. The Bertz CT molecular complexity index is 589. The summed E-state index contributed by atoms with van der Waals surface area (Å²) in [6.07, 6.45) is -2.98. The van der Waals surface area contributed by atoms with E-state index in [1.54, 1.807) is 0 Å². The molecule has 1 atom stereocenters. The lowest BCUT2D eigenvalue weighted by Crippen LogP contribution is -2.36. The Morgan fingerprint density at radius 1 is 1.00 bits per heavy atom. The van der Waals surface area contributed by atoms with Crippen LogP contribution in [0.2, 0.25) is 0 Å². The Morgan fingerprint density at radius 3 is 2.05 bits per heavy atom. The lowest BCUT2D eigenvalue weighted by atomic mass is 10.2. The van der Waals surface area contributed by atoms with E-state index in [0.717, 1.165) is 0 Å². The first-order chi connectivity index (χ1) is 9.82. The largest absolute Gasteiger partial charge is 0.509 e. The molecule has 5 nitrogen and oxygen atoms in total. The van der Waals surface area contributed by atoms with Gasteiger partial charge in [0.05, 0.1) is 6.61 Å². The number of ether oxygens (including phenoxy) is 3. The molecule has 21 heavy (non-hydrogen) atoms. The summed E-state index contributed by atoms with van der Waals surface area (Å²) in [5.74, 6) is -14.8. The minimum Gasteiger partial charge on any atom is -0.434 e. The Morgan fingerprint density at radius 2 is 1.52 bits per heavy atom. The van der Waals surface area contributed by atoms with Crippen molar-refractivity contribution in [2.45, 2.75) is 12.5 Å². The van der Waals surface area contributed by atoms with Crippen molar-refractivity contribution in [1.29, 1.82) is 0 Å². The first-order valence-electron chi connectivity index (χ1n) is 5.39. The summed E-state index contributed by atoms with van der Waals surface area (Å²) in [7, 11) is 0. The predicted molar refractivity (Wildman–Crippen MR) is 52.7 cm³/mol. The maximum atomic E-state index is 13.3. The monoisotopic (exact) mass is 312 g/mol. The molecule has 10 heteroatoms. The number of carbonyl (C=O) groups excluding carboxylic acids is 2. The van der Waals surface area contributed by atoms with Gasteiger partial charge in [0.2, 0.25) is 40.9 Å². The van der Waals surface area contributed by atoms with E-state index in [1.165, 1.54) is 0 Å². The molecule has 1 aliphatic heterocycles. The zero-order valence-corrected chi connectivity index (χ0v) is 9.92. The summed E-state index contributed by atoms with van der Waals surface area (Å²) in [6.45, 7) is -0.226. The zero-order valence-electron chi connectivity index (χ0n) is 9.92. The van der Waals surface area contributed by atoms with Crippen LogP contribution < -0.4 is 4.74 Å². The van der Waals surface area contributed by atoms with Gasteiger partial charge in [-0.05, 0) is 0 Å². The highest BCUT2D eigenvalue weighted by molar-refractivity contribution is 5.80. The lowest BCUT2D eigenvalue weighted by molar-refractivity contribution is -0.150. The van der Waals surface area contributed by atoms with Gasteiger partial charge in [-0.15, -0.1) is 0 Å². The first kappa shape index (κ1) is 15.0. The Labute approximate surface area is 113 Å². The van der Waals surface area contributed by atoms with Crippen molar-refractivity contribution in [3.05, 3.63) is 29.1 Å². The maximum Gasteiger partial charge on any atom is 0.509 e. The molecule has 0 spiro atoms. The molecule has 1 saturated heterocycles. The van der Waals surface area contributed by atoms with E-state index in [9.17, 15) is 31.5 Å². The van der Waals surface area contributed by atoms with Crippen LogP contribution in [0.1, 0.15) is 6.42 Å². The molecule has 1 aromatic rings. The van der Waals surface area contributed by atoms with E-state index in [0.29, 0.717) is 0 Å². The van der Waals surface area contributed by atoms with Crippen molar-refractivity contribution < 1.29 is 45.8 Å². The van der Waals surface area contributed by atoms with Crippen LogP contribution in [0.5, 0.6) is 5.75 Å². The molecule has 1 heterocycles. The van der Waals surface area contributed by atoms with E-state index in [2.05, 4.69) is 14.2 Å². The molecular weight excluding hydrogens is 307 g/mol. The molecule has 1 aliphatic rings. The van der Waals surface area contributed by atoms with E-state index in [-0.39, 0.29) is 13.0 Å². The maximum absolute atomic E-state index is 13.3. The molecule has 0 saturated carbocycles. The molecule has 1 aromatic carbocycles. The van der Waals surface area contributed by atoms with Crippen molar-refractivity contribution in [2.24, 2.45) is 0 Å². The highest BCUT2D eigenvalue weighted by Gasteiger charge is 2.34. The van der Waals surface area contributed by atoms with Crippen LogP contribution >= 0.6 is 0 Å². The minimum atomic E-state index is -2.39. The van der Waals surface area contributed by atoms with E-state index in [4.69, 9.17) is 0 Å². The Kier molecular flexibility index (Phi) is 3.96. The molecule has 0 bridgehead atoms. The molecule has 0 N–H and O–H groups in total. The summed E-state index contributed by atoms with van der Waals surface area (Å²) in [6, 6.07) is 0. The van der Waals surface area contributed by atoms with Crippen molar-refractivity contribution in [3.63, 3.8) is 0 Å². The molecule has 0 aliphatic carbocycles. The third-order valence-electron chi connectivity index (χ3n) is 2.47. The number of cyclic esters (lactones) is 2. The quantitative estimate of drug-likeness (QED) is 0.275. The second kappa shape index (κ2) is 5.54. The van der Waals surface area contributed by atoms with E-state index < -0.39 is 53.1 Å². The van der Waals surface area contributed by atoms with Crippen LogP contribution in [-0.4, -0.2) is 24.8 Å². The SMILES string of the molecule is O=C1OCCC(C(=O)Oc2c(F)c(F)c(F)c(F)c2F)O1. The van der Waals surface area contributed by atoms with Gasteiger partial charge in [-0.1, -0.05) is 0 Å². The van der Waals surface area contributed by atoms with Crippen LogP contribution in [-0.2, 0) is 14.3 Å². The molecule has 1 unspecified atom stereocenters. The average molecular weight is 312 g/mol. The Balaban J connectivity index is 2.27. The van der Waals surface area contributed by atoms with E-state index in [1.807, 2.05) is 0 Å². The van der Waals surface area contributed by atoms with Gasteiger partial charge < -0.3 is 14.2 Å². The minimum absolute atomic E-state index is 0.194. The van der Waals surface area contributed by atoms with Crippen LogP contribution in [0.4, 0.5) is 26.7 Å². The molecule has 0 aromatic heterocycles. The lowest BCUT2D eigenvalue weighted by Gasteiger charge is -2.20. The molecule has 2 rings (SSSR count). The third kappa shape index (κ3) is 2.73. The van der Waals surface area contributed by atoms with Gasteiger partial charge in [0.25, 0.3) is 0 Å². The van der Waals surface area contributed by atoms with Gasteiger partial charge in [0.1, 0.15) is 0 Å². The highest BCUT2D eigenvalue weighted by atomic mass is 19.2. The van der Waals surface area contributed by atoms with Crippen LogP contribution in [0.3, 0.4) is 0 Å². The fourth-order valence-electron chi connectivity index (χ4n) is 1.47. The summed E-state index contributed by atoms with van der Waals surface area (Å²) in [5, 5.41) is 0. The summed E-state index contributed by atoms with van der Waals surface area (Å²) in [5.41, 5.74) is 0. The highest BCUT2D eigenvalue weighted by Crippen LogP contribution is 2.29. The Hall–Kier alpha value is -2.39. The van der Waals surface area contributed by atoms with Gasteiger partial charge in [0, 0.05) is 6.42 Å². The normalized spacial score (nSPS) is 18.0. The standard InChI is InChI=1S/C11H5F5O5/c12-4-5(13)7(15)9(8(16)6(4)14)21-10(17)3-1-2-19-11(18)20-3/h3H,1-2H2. The van der Waals surface area contributed by atoms with Crippen molar-refractivity contribution in [2.75, 3.05) is 6.61 Å². The van der Waals surface area contributed by atoms with Gasteiger partial charge in [-0.25, -0.2) is 22.8 Å². The number of hydrogen-bond acceptors (Lipinski definition) is 5. The smallest absolute Gasteiger partial charge is 0.434 e. The molecule has 0 radical (unpaired) electrons. The average Bonchev–Trinajstić information content (AvgIpc) is 2.47. The van der Waals surface area contributed by atoms with Gasteiger partial charge >= 0.3 is 12.1 Å². The summed E-state index contributed by atoms with van der Waals surface area (Å²) >= 11 is 0. The van der Waals surface area contributed by atoms with E-state index >= 15 is 0 Å². The number of benzene rings is 1. The topological polar surface area (TPSA) is 61.8 Å².